The third kappa shape index (κ3) is 7.00. The number of amidine groups is 1. The number of ether oxygens (including phenoxy) is 4. The zero-order chi connectivity index (χ0) is 28.2. The lowest BCUT2D eigenvalue weighted by atomic mass is 9.84. The summed E-state index contributed by atoms with van der Waals surface area (Å²) >= 11 is 0. The van der Waals surface area contributed by atoms with Gasteiger partial charge < -0.3 is 29.0 Å². The van der Waals surface area contributed by atoms with E-state index in [0.717, 1.165) is 0 Å². The molecule has 0 unspecified atom stereocenters. The number of nitrogens with one attached hydrogen (secondary N) is 1. The van der Waals surface area contributed by atoms with E-state index in [-0.39, 0.29) is 83.5 Å². The fraction of sp³-hybridized carbons (Fsp3) is 0.464. The maximum absolute atomic E-state index is 15.4. The van der Waals surface area contributed by atoms with E-state index in [9.17, 15) is 9.59 Å². The normalized spacial score (nSPS) is 12.5. The number of ketones is 1. The molecule has 3 rings (SSSR count). The highest BCUT2D eigenvalue weighted by atomic mass is 79.9. The van der Waals surface area contributed by atoms with Crippen molar-refractivity contribution < 1.29 is 38.0 Å². The average Bonchev–Trinajstić information content (AvgIpc) is 3.14. The standard InChI is InChI=1S/C28H35FN2O7.BrH/c1-7-35-20-11-16(10-18(28(4,5)6)25(20)38-15-22(33)34)19(32)14-31-13-17-12-21(36-8-2)26(37-9-3)24(29)23(17)27(31)30;/h10-12,30H,7-9,13-15H2,1-6H3,(H,33,34);1H. The van der Waals surface area contributed by atoms with Crippen LogP contribution in [0.3, 0.4) is 0 Å². The predicted molar refractivity (Wildman–Crippen MR) is 150 cm³/mol. The number of Topliss-reactive ketones (excluding diaryl/α,β-unsaturated/α-hetero) is 1. The van der Waals surface area contributed by atoms with Crippen LogP contribution in [0, 0.1) is 11.2 Å². The first-order valence-corrected chi connectivity index (χ1v) is 12.6. The van der Waals surface area contributed by atoms with Crippen LogP contribution in [0.5, 0.6) is 23.0 Å². The van der Waals surface area contributed by atoms with Gasteiger partial charge in [0.2, 0.25) is 0 Å². The lowest BCUT2D eigenvalue weighted by Gasteiger charge is -2.26. The van der Waals surface area contributed by atoms with E-state index >= 15 is 4.39 Å². The molecule has 0 spiro atoms. The maximum Gasteiger partial charge on any atom is 0.341 e. The second kappa shape index (κ2) is 13.1. The number of halogens is 2. The number of benzene rings is 2. The summed E-state index contributed by atoms with van der Waals surface area (Å²) in [4.78, 5) is 26.1. The number of hydrogen-bond donors (Lipinski definition) is 2. The lowest BCUT2D eigenvalue weighted by molar-refractivity contribution is -0.139. The molecule has 39 heavy (non-hydrogen) atoms. The SMILES string of the molecule is Br.CCOc1cc(C(=O)CN2Cc3cc(OCC)c(OCC)c(F)c3C2=N)cc(C(C)(C)C)c1OCC(=O)O. The number of carbonyl (C=O) groups is 2. The Kier molecular flexibility index (Phi) is 10.7. The highest BCUT2D eigenvalue weighted by Gasteiger charge is 2.34. The minimum Gasteiger partial charge on any atom is -0.490 e. The Labute approximate surface area is 238 Å². The number of carboxylic acid groups (broad SMARTS) is 1. The van der Waals surface area contributed by atoms with Gasteiger partial charge in [-0.1, -0.05) is 20.8 Å². The Hall–Kier alpha value is -3.34. The van der Waals surface area contributed by atoms with Crippen LogP contribution in [0.15, 0.2) is 18.2 Å². The summed E-state index contributed by atoms with van der Waals surface area (Å²) in [5, 5.41) is 17.7. The van der Waals surface area contributed by atoms with E-state index in [1.54, 1.807) is 32.9 Å². The van der Waals surface area contributed by atoms with Crippen LogP contribution in [-0.2, 0) is 16.8 Å². The Morgan fingerprint density at radius 2 is 1.56 bits per heavy atom. The topological polar surface area (TPSA) is 118 Å². The van der Waals surface area contributed by atoms with E-state index in [0.29, 0.717) is 23.3 Å². The lowest BCUT2D eigenvalue weighted by Crippen LogP contribution is -2.30. The molecule has 0 atom stereocenters. The number of nitrogens with zero attached hydrogens (tertiary/aromatic N) is 1. The molecule has 0 saturated heterocycles. The summed E-state index contributed by atoms with van der Waals surface area (Å²) in [5.74, 6) is -1.48. The van der Waals surface area contributed by atoms with E-state index in [1.165, 1.54) is 11.0 Å². The molecule has 0 bridgehead atoms. The van der Waals surface area contributed by atoms with Gasteiger partial charge in [0.1, 0.15) is 5.84 Å². The van der Waals surface area contributed by atoms with Crippen LogP contribution in [0.2, 0.25) is 0 Å². The Morgan fingerprint density at radius 1 is 0.974 bits per heavy atom. The molecule has 1 heterocycles. The molecule has 0 saturated carbocycles. The zero-order valence-electron chi connectivity index (χ0n) is 23.1. The molecule has 0 aromatic heterocycles. The third-order valence-electron chi connectivity index (χ3n) is 5.93. The van der Waals surface area contributed by atoms with Gasteiger partial charge in [0.15, 0.2) is 41.2 Å². The number of carboxylic acids is 1. The van der Waals surface area contributed by atoms with E-state index in [1.807, 2.05) is 20.8 Å². The number of rotatable bonds is 12. The summed E-state index contributed by atoms with van der Waals surface area (Å²) in [6, 6.07) is 4.84. The van der Waals surface area contributed by atoms with Gasteiger partial charge in [0, 0.05) is 17.7 Å². The molecule has 0 radical (unpaired) electrons. The Morgan fingerprint density at radius 3 is 2.10 bits per heavy atom. The van der Waals surface area contributed by atoms with Gasteiger partial charge in [-0.15, -0.1) is 17.0 Å². The quantitative estimate of drug-likeness (QED) is 0.307. The van der Waals surface area contributed by atoms with Crippen molar-refractivity contribution in [2.75, 3.05) is 33.0 Å². The van der Waals surface area contributed by atoms with E-state index in [4.69, 9.17) is 29.5 Å². The van der Waals surface area contributed by atoms with Crippen molar-refractivity contribution in [3.8, 4) is 23.0 Å². The van der Waals surface area contributed by atoms with Crippen molar-refractivity contribution in [1.29, 1.82) is 5.41 Å². The predicted octanol–water partition coefficient (Wildman–Crippen LogP) is 5.38. The first kappa shape index (κ1) is 31.9. The molecular weight excluding hydrogens is 575 g/mol. The van der Waals surface area contributed by atoms with Crippen molar-refractivity contribution in [2.45, 2.75) is 53.5 Å². The highest BCUT2D eigenvalue weighted by Crippen LogP contribution is 2.41. The number of hydrogen-bond acceptors (Lipinski definition) is 7. The fourth-order valence-electron chi connectivity index (χ4n) is 4.29. The zero-order valence-corrected chi connectivity index (χ0v) is 24.8. The summed E-state index contributed by atoms with van der Waals surface area (Å²) in [5.41, 5.74) is 1.06. The average molecular weight is 612 g/mol. The smallest absolute Gasteiger partial charge is 0.341 e. The Bertz CT molecular complexity index is 1240. The molecule has 2 N–H and O–H groups in total. The van der Waals surface area contributed by atoms with Crippen LogP contribution in [-0.4, -0.2) is 60.6 Å². The van der Waals surface area contributed by atoms with Crippen LogP contribution in [0.4, 0.5) is 4.39 Å². The molecule has 1 aliphatic rings. The fourth-order valence-corrected chi connectivity index (χ4v) is 4.29. The molecule has 2 aromatic carbocycles. The van der Waals surface area contributed by atoms with E-state index < -0.39 is 23.8 Å². The summed E-state index contributed by atoms with van der Waals surface area (Å²) in [6.07, 6.45) is 0. The van der Waals surface area contributed by atoms with Gasteiger partial charge in [-0.2, -0.15) is 0 Å². The Balaban J connectivity index is 0.00000533. The van der Waals surface area contributed by atoms with Gasteiger partial charge in [-0.25, -0.2) is 9.18 Å². The highest BCUT2D eigenvalue weighted by molar-refractivity contribution is 8.93. The van der Waals surface area contributed by atoms with Gasteiger partial charge >= 0.3 is 5.97 Å². The summed E-state index contributed by atoms with van der Waals surface area (Å²) in [6.45, 7) is 11.3. The molecule has 0 amide bonds. The number of aliphatic carboxylic acids is 1. The van der Waals surface area contributed by atoms with Crippen LogP contribution >= 0.6 is 17.0 Å². The monoisotopic (exact) mass is 610 g/mol. The van der Waals surface area contributed by atoms with Gasteiger partial charge in [0.25, 0.3) is 0 Å². The van der Waals surface area contributed by atoms with Crippen molar-refractivity contribution in [3.63, 3.8) is 0 Å². The molecule has 0 fully saturated rings. The molecule has 9 nitrogen and oxygen atoms in total. The molecule has 11 heteroatoms. The summed E-state index contributed by atoms with van der Waals surface area (Å²) < 4.78 is 37.7. The molecule has 1 aliphatic heterocycles. The van der Waals surface area contributed by atoms with Crippen LogP contribution < -0.4 is 18.9 Å². The van der Waals surface area contributed by atoms with Crippen molar-refractivity contribution >= 4 is 34.6 Å². The van der Waals surface area contributed by atoms with Crippen molar-refractivity contribution in [3.05, 3.63) is 46.3 Å². The second-order valence-corrected chi connectivity index (χ2v) is 9.76. The molecule has 214 valence electrons. The first-order chi connectivity index (χ1) is 17.9. The minimum atomic E-state index is -1.13. The van der Waals surface area contributed by atoms with Gasteiger partial charge in [-0.05, 0) is 49.9 Å². The van der Waals surface area contributed by atoms with Crippen LogP contribution in [0.25, 0.3) is 0 Å². The number of carbonyl (C=O) groups excluding carboxylic acids is 1. The largest absolute Gasteiger partial charge is 0.490 e. The summed E-state index contributed by atoms with van der Waals surface area (Å²) in [7, 11) is 0. The minimum absolute atomic E-state index is 0. The number of fused-ring (bicyclic) bond motifs is 1. The van der Waals surface area contributed by atoms with Crippen LogP contribution in [0.1, 0.15) is 68.6 Å². The maximum atomic E-state index is 15.4. The van der Waals surface area contributed by atoms with Crippen molar-refractivity contribution in [2.24, 2.45) is 0 Å². The van der Waals surface area contributed by atoms with Gasteiger partial charge in [-0.3, -0.25) is 10.2 Å². The van der Waals surface area contributed by atoms with E-state index in [2.05, 4.69) is 0 Å². The van der Waals surface area contributed by atoms with Crippen molar-refractivity contribution in [1.82, 2.24) is 4.90 Å². The first-order valence-electron chi connectivity index (χ1n) is 12.6. The molecular formula is C28H36BrFN2O7. The molecule has 2 aromatic rings. The molecule has 0 aliphatic carbocycles. The van der Waals surface area contributed by atoms with Gasteiger partial charge in [0.05, 0.1) is 31.9 Å². The third-order valence-corrected chi connectivity index (χ3v) is 5.93. The second-order valence-electron chi connectivity index (χ2n) is 9.76.